The number of nitrogens with zero attached hydrogens (tertiary/aromatic N) is 4. The van der Waals surface area contributed by atoms with Crippen molar-refractivity contribution in [2.24, 2.45) is 0 Å². The molecule has 0 radical (unpaired) electrons. The van der Waals surface area contributed by atoms with Crippen LogP contribution < -0.4 is 4.74 Å². The van der Waals surface area contributed by atoms with Crippen LogP contribution in [0.4, 0.5) is 0 Å². The lowest BCUT2D eigenvalue weighted by Gasteiger charge is -2.09. The predicted molar refractivity (Wildman–Crippen MR) is 88.9 cm³/mol. The molecule has 3 rings (SSSR count). The Labute approximate surface area is 136 Å². The van der Waals surface area contributed by atoms with Crippen molar-refractivity contribution in [1.82, 2.24) is 19.7 Å². The Morgan fingerprint density at radius 3 is 2.48 bits per heavy atom. The summed E-state index contributed by atoms with van der Waals surface area (Å²) < 4.78 is 7.58. The zero-order chi connectivity index (χ0) is 16.4. The number of rotatable bonds is 4. The molecule has 0 aliphatic heterocycles. The van der Waals surface area contributed by atoms with E-state index in [1.807, 2.05) is 45.0 Å². The van der Waals surface area contributed by atoms with Crippen LogP contribution in [-0.2, 0) is 6.61 Å². The van der Waals surface area contributed by atoms with Crippen LogP contribution in [0.1, 0.15) is 28.2 Å². The number of ether oxygens (including phenoxy) is 1. The third kappa shape index (κ3) is 3.56. The minimum absolute atomic E-state index is 0.481. The average Bonchev–Trinajstić information content (AvgIpc) is 2.83. The molecule has 5 nitrogen and oxygen atoms in total. The maximum atomic E-state index is 5.84. The standard InChI is InChI=1S/C18H20N4O/c1-12-6-5-7-16(8-12)11-23-17-10-13(2)19-18(20-17)22-15(4)9-14(3)21-22/h5-10H,11H2,1-4H3. The normalized spacial score (nSPS) is 10.8. The molecule has 3 aromatic rings. The van der Waals surface area contributed by atoms with Gasteiger partial charge in [0.15, 0.2) is 0 Å². The number of benzene rings is 1. The molecule has 5 heteroatoms. The lowest BCUT2D eigenvalue weighted by atomic mass is 10.1. The highest BCUT2D eigenvalue weighted by Crippen LogP contribution is 2.15. The van der Waals surface area contributed by atoms with Crippen LogP contribution in [0.5, 0.6) is 5.88 Å². The van der Waals surface area contributed by atoms with Crippen LogP contribution in [0.25, 0.3) is 5.95 Å². The van der Waals surface area contributed by atoms with Gasteiger partial charge in [0.2, 0.25) is 5.88 Å². The second-order valence-corrected chi connectivity index (χ2v) is 5.76. The smallest absolute Gasteiger partial charge is 0.254 e. The van der Waals surface area contributed by atoms with Crippen LogP contribution in [-0.4, -0.2) is 19.7 Å². The third-order valence-corrected chi connectivity index (χ3v) is 3.49. The van der Waals surface area contributed by atoms with Crippen molar-refractivity contribution < 1.29 is 4.74 Å². The molecule has 0 bridgehead atoms. The second kappa shape index (κ2) is 6.20. The molecule has 0 saturated carbocycles. The number of aryl methyl sites for hydroxylation is 4. The highest BCUT2D eigenvalue weighted by atomic mass is 16.5. The highest BCUT2D eigenvalue weighted by molar-refractivity contribution is 5.26. The summed E-state index contributed by atoms with van der Waals surface area (Å²) >= 11 is 0. The zero-order valence-corrected chi connectivity index (χ0v) is 13.9. The van der Waals surface area contributed by atoms with Crippen LogP contribution in [0.3, 0.4) is 0 Å². The molecule has 0 aliphatic carbocycles. The Morgan fingerprint density at radius 1 is 0.957 bits per heavy atom. The molecule has 2 aromatic heterocycles. The Bertz CT molecular complexity index is 839. The summed E-state index contributed by atoms with van der Waals surface area (Å²) in [5, 5.41) is 4.43. The second-order valence-electron chi connectivity index (χ2n) is 5.76. The van der Waals surface area contributed by atoms with Gasteiger partial charge in [0.25, 0.3) is 5.95 Å². The molecule has 1 aromatic carbocycles. The van der Waals surface area contributed by atoms with E-state index in [1.165, 1.54) is 5.56 Å². The van der Waals surface area contributed by atoms with Crippen molar-refractivity contribution in [1.29, 1.82) is 0 Å². The van der Waals surface area contributed by atoms with E-state index in [4.69, 9.17) is 4.74 Å². The number of aromatic nitrogens is 4. The number of hydrogen-bond donors (Lipinski definition) is 0. The highest BCUT2D eigenvalue weighted by Gasteiger charge is 2.10. The van der Waals surface area contributed by atoms with Gasteiger partial charge < -0.3 is 4.74 Å². The monoisotopic (exact) mass is 308 g/mol. The number of hydrogen-bond acceptors (Lipinski definition) is 4. The van der Waals surface area contributed by atoms with E-state index in [9.17, 15) is 0 Å². The Hall–Kier alpha value is -2.69. The molecule has 0 amide bonds. The van der Waals surface area contributed by atoms with Gasteiger partial charge in [-0.2, -0.15) is 10.1 Å². The Morgan fingerprint density at radius 2 is 1.78 bits per heavy atom. The molecule has 0 fully saturated rings. The van der Waals surface area contributed by atoms with E-state index in [-0.39, 0.29) is 0 Å². The van der Waals surface area contributed by atoms with Gasteiger partial charge in [-0.15, -0.1) is 0 Å². The van der Waals surface area contributed by atoms with Crippen LogP contribution in [0, 0.1) is 27.7 Å². The van der Waals surface area contributed by atoms with Crippen molar-refractivity contribution in [2.75, 3.05) is 0 Å². The van der Waals surface area contributed by atoms with E-state index in [1.54, 1.807) is 4.68 Å². The fraction of sp³-hybridized carbons (Fsp3) is 0.278. The molecule has 0 saturated heterocycles. The summed E-state index contributed by atoms with van der Waals surface area (Å²) in [5.74, 6) is 1.09. The summed E-state index contributed by atoms with van der Waals surface area (Å²) in [7, 11) is 0. The Balaban J connectivity index is 1.84. The van der Waals surface area contributed by atoms with Crippen molar-refractivity contribution in [3.63, 3.8) is 0 Å². The largest absolute Gasteiger partial charge is 0.473 e. The minimum Gasteiger partial charge on any atom is -0.473 e. The van der Waals surface area contributed by atoms with Gasteiger partial charge in [-0.1, -0.05) is 29.8 Å². The first kappa shape index (κ1) is 15.2. The summed E-state index contributed by atoms with van der Waals surface area (Å²) in [6.45, 7) is 8.41. The lowest BCUT2D eigenvalue weighted by Crippen LogP contribution is -2.08. The Kier molecular flexibility index (Phi) is 4.10. The molecule has 0 aliphatic rings. The van der Waals surface area contributed by atoms with E-state index in [0.29, 0.717) is 18.4 Å². The van der Waals surface area contributed by atoms with E-state index in [0.717, 1.165) is 22.6 Å². The molecule has 0 atom stereocenters. The minimum atomic E-state index is 0.481. The van der Waals surface area contributed by atoms with E-state index >= 15 is 0 Å². The van der Waals surface area contributed by atoms with Crippen molar-refractivity contribution in [3.8, 4) is 11.8 Å². The molecule has 118 valence electrons. The average molecular weight is 308 g/mol. The first-order valence-corrected chi connectivity index (χ1v) is 7.59. The molecular weight excluding hydrogens is 288 g/mol. The SMILES string of the molecule is Cc1cccc(COc2cc(C)nc(-n3nc(C)cc3C)n2)c1. The van der Waals surface area contributed by atoms with Crippen LogP contribution >= 0.6 is 0 Å². The maximum absolute atomic E-state index is 5.84. The molecule has 0 unspecified atom stereocenters. The lowest BCUT2D eigenvalue weighted by molar-refractivity contribution is 0.292. The van der Waals surface area contributed by atoms with Crippen LogP contribution in [0.15, 0.2) is 36.4 Å². The molecular formula is C18H20N4O. The summed E-state index contributed by atoms with van der Waals surface area (Å²) in [6, 6.07) is 12.1. The summed E-state index contributed by atoms with van der Waals surface area (Å²) in [5.41, 5.74) is 5.12. The van der Waals surface area contributed by atoms with E-state index in [2.05, 4.69) is 34.1 Å². The summed E-state index contributed by atoms with van der Waals surface area (Å²) in [6.07, 6.45) is 0. The maximum Gasteiger partial charge on any atom is 0.254 e. The first-order chi connectivity index (χ1) is 11.0. The van der Waals surface area contributed by atoms with Gasteiger partial charge in [0.05, 0.1) is 5.69 Å². The fourth-order valence-electron chi connectivity index (χ4n) is 2.48. The van der Waals surface area contributed by atoms with Crippen molar-refractivity contribution in [2.45, 2.75) is 34.3 Å². The third-order valence-electron chi connectivity index (χ3n) is 3.49. The van der Waals surface area contributed by atoms with E-state index < -0.39 is 0 Å². The topological polar surface area (TPSA) is 52.8 Å². The van der Waals surface area contributed by atoms with Crippen LogP contribution in [0.2, 0.25) is 0 Å². The van der Waals surface area contributed by atoms with Crippen molar-refractivity contribution in [3.05, 3.63) is 64.6 Å². The van der Waals surface area contributed by atoms with Gasteiger partial charge in [-0.05, 0) is 39.3 Å². The molecule has 23 heavy (non-hydrogen) atoms. The quantitative estimate of drug-likeness (QED) is 0.740. The predicted octanol–water partition coefficient (Wildman–Crippen LogP) is 3.47. The van der Waals surface area contributed by atoms with Crippen molar-refractivity contribution >= 4 is 0 Å². The molecule has 0 N–H and O–H groups in total. The zero-order valence-electron chi connectivity index (χ0n) is 13.9. The van der Waals surface area contributed by atoms with Gasteiger partial charge in [0.1, 0.15) is 6.61 Å². The summed E-state index contributed by atoms with van der Waals surface area (Å²) in [4.78, 5) is 8.94. The van der Waals surface area contributed by atoms with Gasteiger partial charge in [0, 0.05) is 17.5 Å². The van der Waals surface area contributed by atoms with Gasteiger partial charge in [-0.3, -0.25) is 0 Å². The molecule has 2 heterocycles. The fourth-order valence-corrected chi connectivity index (χ4v) is 2.48. The van der Waals surface area contributed by atoms with Gasteiger partial charge in [-0.25, -0.2) is 9.67 Å². The van der Waals surface area contributed by atoms with Gasteiger partial charge >= 0.3 is 0 Å². The molecule has 0 spiro atoms. The first-order valence-electron chi connectivity index (χ1n) is 7.59.